The van der Waals surface area contributed by atoms with Crippen molar-refractivity contribution >= 4 is 23.5 Å². The van der Waals surface area contributed by atoms with Crippen molar-refractivity contribution in [3.8, 4) is 0 Å². The first kappa shape index (κ1) is 21.7. The number of aromatic nitrogens is 1. The van der Waals surface area contributed by atoms with E-state index in [9.17, 15) is 14.0 Å². The summed E-state index contributed by atoms with van der Waals surface area (Å²) in [5, 5.41) is 2.76. The number of pyridine rings is 1. The van der Waals surface area contributed by atoms with Crippen LogP contribution in [-0.4, -0.2) is 29.1 Å². The van der Waals surface area contributed by atoms with Gasteiger partial charge in [-0.15, -0.1) is 0 Å². The van der Waals surface area contributed by atoms with E-state index in [0.717, 1.165) is 22.5 Å². The summed E-state index contributed by atoms with van der Waals surface area (Å²) >= 11 is 0. The van der Waals surface area contributed by atoms with E-state index in [1.165, 1.54) is 19.1 Å². The molecule has 0 bridgehead atoms. The standard InChI is InChI=1S/C23H28FN3O3/c1-14(28)27-13-23(5,6)19-18(27)12-16(11-15-7-9-17(24)10-8-15)20(25-19)26-21(29)30-22(2,3)4/h7-10,12H,11,13H2,1-6H3,(H,25,26,29). The van der Waals surface area contributed by atoms with Crippen LogP contribution in [0.1, 0.15) is 58.4 Å². The Balaban J connectivity index is 2.05. The molecule has 160 valence electrons. The Morgan fingerprint density at radius 3 is 2.43 bits per heavy atom. The van der Waals surface area contributed by atoms with E-state index in [4.69, 9.17) is 9.72 Å². The molecule has 1 N–H and O–H groups in total. The zero-order chi connectivity index (χ0) is 22.3. The molecule has 0 unspecified atom stereocenters. The van der Waals surface area contributed by atoms with Gasteiger partial charge in [0.2, 0.25) is 5.91 Å². The monoisotopic (exact) mass is 413 g/mol. The van der Waals surface area contributed by atoms with Gasteiger partial charge in [-0.2, -0.15) is 0 Å². The third-order valence-corrected chi connectivity index (χ3v) is 4.87. The Morgan fingerprint density at radius 2 is 1.87 bits per heavy atom. The molecule has 0 aliphatic carbocycles. The molecule has 3 rings (SSSR count). The second-order valence-electron chi connectivity index (χ2n) is 9.28. The zero-order valence-electron chi connectivity index (χ0n) is 18.3. The van der Waals surface area contributed by atoms with Crippen molar-refractivity contribution in [3.05, 3.63) is 53.0 Å². The molecule has 0 saturated carbocycles. The van der Waals surface area contributed by atoms with Crippen molar-refractivity contribution < 1.29 is 18.7 Å². The van der Waals surface area contributed by atoms with E-state index in [2.05, 4.69) is 5.32 Å². The van der Waals surface area contributed by atoms with Gasteiger partial charge in [-0.1, -0.05) is 26.0 Å². The molecule has 1 aliphatic heterocycles. The molecule has 2 amide bonds. The number of fused-ring (bicyclic) bond motifs is 1. The van der Waals surface area contributed by atoms with Crippen molar-refractivity contribution in [2.24, 2.45) is 0 Å². The van der Waals surface area contributed by atoms with E-state index in [-0.39, 0.29) is 17.1 Å². The summed E-state index contributed by atoms with van der Waals surface area (Å²) in [6.07, 6.45) is -0.188. The Bertz CT molecular complexity index is 978. The third-order valence-electron chi connectivity index (χ3n) is 4.87. The van der Waals surface area contributed by atoms with Crippen LogP contribution in [0.4, 0.5) is 20.7 Å². The van der Waals surface area contributed by atoms with E-state index in [1.54, 1.807) is 37.8 Å². The summed E-state index contributed by atoms with van der Waals surface area (Å²) in [5.74, 6) is -0.00236. The second kappa shape index (κ2) is 7.70. The predicted molar refractivity (Wildman–Crippen MR) is 114 cm³/mol. The number of ether oxygens (including phenoxy) is 1. The number of hydrogen-bond donors (Lipinski definition) is 1. The number of carbonyl (C=O) groups is 2. The van der Waals surface area contributed by atoms with Gasteiger partial charge in [-0.05, 0) is 44.5 Å². The molecular formula is C23H28FN3O3. The normalized spacial score (nSPS) is 15.0. The summed E-state index contributed by atoms with van der Waals surface area (Å²) in [5.41, 5.74) is 2.04. The fourth-order valence-electron chi connectivity index (χ4n) is 3.55. The lowest BCUT2D eigenvalue weighted by molar-refractivity contribution is -0.116. The van der Waals surface area contributed by atoms with Crippen LogP contribution in [0.25, 0.3) is 0 Å². The van der Waals surface area contributed by atoms with Crippen LogP contribution in [0, 0.1) is 5.82 Å². The maximum Gasteiger partial charge on any atom is 0.413 e. The van der Waals surface area contributed by atoms with Gasteiger partial charge in [0.15, 0.2) is 0 Å². The van der Waals surface area contributed by atoms with Crippen LogP contribution in [0.3, 0.4) is 0 Å². The minimum atomic E-state index is -0.650. The zero-order valence-corrected chi connectivity index (χ0v) is 18.3. The number of carbonyl (C=O) groups excluding carboxylic acids is 2. The highest BCUT2D eigenvalue weighted by atomic mass is 19.1. The number of halogens is 1. The van der Waals surface area contributed by atoms with Crippen LogP contribution >= 0.6 is 0 Å². The van der Waals surface area contributed by atoms with Gasteiger partial charge >= 0.3 is 6.09 Å². The molecule has 1 aromatic heterocycles. The molecule has 7 heteroatoms. The maximum atomic E-state index is 13.3. The van der Waals surface area contributed by atoms with Crippen LogP contribution in [0.5, 0.6) is 0 Å². The predicted octanol–water partition coefficient (Wildman–Crippen LogP) is 4.80. The minimum absolute atomic E-state index is 0.0655. The molecular weight excluding hydrogens is 385 g/mol. The molecule has 1 aliphatic rings. The molecule has 0 spiro atoms. The van der Waals surface area contributed by atoms with Crippen LogP contribution < -0.4 is 10.2 Å². The average molecular weight is 413 g/mol. The van der Waals surface area contributed by atoms with Gasteiger partial charge in [-0.3, -0.25) is 10.1 Å². The van der Waals surface area contributed by atoms with E-state index >= 15 is 0 Å². The maximum absolute atomic E-state index is 13.3. The Hall–Kier alpha value is -2.96. The number of nitrogens with one attached hydrogen (secondary N) is 1. The molecule has 6 nitrogen and oxygen atoms in total. The molecule has 0 fully saturated rings. The van der Waals surface area contributed by atoms with Crippen molar-refractivity contribution in [3.63, 3.8) is 0 Å². The molecule has 30 heavy (non-hydrogen) atoms. The topological polar surface area (TPSA) is 71.5 Å². The molecule has 1 aromatic carbocycles. The summed E-state index contributed by atoms with van der Waals surface area (Å²) in [7, 11) is 0. The molecule has 2 aromatic rings. The fraction of sp³-hybridized carbons (Fsp3) is 0.435. The molecule has 0 saturated heterocycles. The fourth-order valence-corrected chi connectivity index (χ4v) is 3.55. The van der Waals surface area contributed by atoms with Gasteiger partial charge in [0, 0.05) is 30.9 Å². The molecule has 0 radical (unpaired) electrons. The Kier molecular flexibility index (Phi) is 5.58. The van der Waals surface area contributed by atoms with Crippen molar-refractivity contribution in [1.82, 2.24) is 4.98 Å². The first-order chi connectivity index (χ1) is 13.9. The minimum Gasteiger partial charge on any atom is -0.444 e. The van der Waals surface area contributed by atoms with Crippen LogP contribution in [0.2, 0.25) is 0 Å². The van der Waals surface area contributed by atoms with E-state index in [0.29, 0.717) is 18.8 Å². The highest BCUT2D eigenvalue weighted by Gasteiger charge is 2.39. The molecule has 2 heterocycles. The summed E-state index contributed by atoms with van der Waals surface area (Å²) in [4.78, 5) is 31.1. The van der Waals surface area contributed by atoms with Crippen molar-refractivity contribution in [2.45, 2.75) is 59.0 Å². The third kappa shape index (κ3) is 4.78. The van der Waals surface area contributed by atoms with Gasteiger partial charge in [0.1, 0.15) is 17.2 Å². The van der Waals surface area contributed by atoms with Crippen LogP contribution in [-0.2, 0) is 21.4 Å². The first-order valence-electron chi connectivity index (χ1n) is 9.93. The van der Waals surface area contributed by atoms with E-state index in [1.807, 2.05) is 19.9 Å². The number of rotatable bonds is 3. The number of nitrogens with zero attached hydrogens (tertiary/aromatic N) is 2. The lowest BCUT2D eigenvalue weighted by Gasteiger charge is -2.21. The quantitative estimate of drug-likeness (QED) is 0.784. The lowest BCUT2D eigenvalue weighted by Crippen LogP contribution is -2.32. The summed E-state index contributed by atoms with van der Waals surface area (Å²) in [6, 6.07) is 8.04. The van der Waals surface area contributed by atoms with Gasteiger partial charge in [0.05, 0.1) is 11.4 Å². The van der Waals surface area contributed by atoms with Gasteiger partial charge in [-0.25, -0.2) is 14.2 Å². The first-order valence-corrected chi connectivity index (χ1v) is 9.93. The number of amides is 2. The Morgan fingerprint density at radius 1 is 1.23 bits per heavy atom. The second-order valence-corrected chi connectivity index (χ2v) is 9.28. The highest BCUT2D eigenvalue weighted by molar-refractivity contribution is 5.95. The smallest absolute Gasteiger partial charge is 0.413 e. The van der Waals surface area contributed by atoms with Crippen molar-refractivity contribution in [1.29, 1.82) is 0 Å². The number of anilines is 2. The number of hydrogen-bond acceptors (Lipinski definition) is 4. The lowest BCUT2D eigenvalue weighted by atomic mass is 9.90. The number of benzene rings is 1. The van der Waals surface area contributed by atoms with Gasteiger partial charge < -0.3 is 9.64 Å². The van der Waals surface area contributed by atoms with Crippen molar-refractivity contribution in [2.75, 3.05) is 16.8 Å². The van der Waals surface area contributed by atoms with Crippen LogP contribution in [0.15, 0.2) is 30.3 Å². The van der Waals surface area contributed by atoms with E-state index < -0.39 is 11.7 Å². The summed E-state index contributed by atoms with van der Waals surface area (Å²) < 4.78 is 18.7. The van der Waals surface area contributed by atoms with Gasteiger partial charge in [0.25, 0.3) is 0 Å². The average Bonchev–Trinajstić information content (AvgIpc) is 2.86. The largest absolute Gasteiger partial charge is 0.444 e. The Labute approximate surface area is 176 Å². The summed E-state index contributed by atoms with van der Waals surface area (Å²) in [6.45, 7) is 11.4. The highest BCUT2D eigenvalue weighted by Crippen LogP contribution is 2.41. The SMILES string of the molecule is CC(=O)N1CC(C)(C)c2nc(NC(=O)OC(C)(C)C)c(Cc3ccc(F)cc3)cc21. The molecule has 0 atom stereocenters.